The van der Waals surface area contributed by atoms with Crippen LogP contribution in [-0.4, -0.2) is 111 Å². The van der Waals surface area contributed by atoms with E-state index in [0.29, 0.717) is 104 Å². The van der Waals surface area contributed by atoms with Crippen molar-refractivity contribution in [3.63, 3.8) is 0 Å². The molecule has 1 rings (SSSR count). The van der Waals surface area contributed by atoms with Gasteiger partial charge in [0.25, 0.3) is 0 Å². The Bertz CT molecular complexity index is 604. The standard InChI is InChI=1S/C27H45ClO9/c28-9-3-1-2-4-10-30-11-12-31-13-14-32-15-16-33-17-18-34-19-20-35-21-22-36-23-24-37-27-7-5-26(25-29)6-8-27/h5-8,25H,1-4,9-24H2. The lowest BCUT2D eigenvalue weighted by molar-refractivity contribution is -0.0213. The van der Waals surface area contributed by atoms with Crippen molar-refractivity contribution in [1.29, 1.82) is 0 Å². The van der Waals surface area contributed by atoms with E-state index in [4.69, 9.17) is 49.5 Å². The predicted molar refractivity (Wildman–Crippen MR) is 142 cm³/mol. The van der Waals surface area contributed by atoms with Gasteiger partial charge in [0, 0.05) is 18.1 Å². The Kier molecular flexibility index (Phi) is 25.3. The molecule has 0 amide bonds. The van der Waals surface area contributed by atoms with Gasteiger partial charge in [-0.25, -0.2) is 0 Å². The van der Waals surface area contributed by atoms with Crippen LogP contribution in [0.3, 0.4) is 0 Å². The summed E-state index contributed by atoms with van der Waals surface area (Å²) in [4.78, 5) is 10.6. The second-order valence-corrected chi connectivity index (χ2v) is 8.30. The molecule has 214 valence electrons. The quantitative estimate of drug-likeness (QED) is 0.0842. The molecule has 10 heteroatoms. The van der Waals surface area contributed by atoms with Gasteiger partial charge >= 0.3 is 0 Å². The second kappa shape index (κ2) is 27.7. The lowest BCUT2D eigenvalue weighted by Crippen LogP contribution is -2.15. The molecule has 0 spiro atoms. The van der Waals surface area contributed by atoms with Crippen LogP contribution in [0.25, 0.3) is 0 Å². The molecule has 0 N–H and O–H groups in total. The summed E-state index contributed by atoms with van der Waals surface area (Å²) in [5.74, 6) is 1.45. The zero-order valence-corrected chi connectivity index (χ0v) is 22.8. The van der Waals surface area contributed by atoms with Gasteiger partial charge in [0.15, 0.2) is 0 Å². The fourth-order valence-electron chi connectivity index (χ4n) is 2.93. The molecule has 0 aliphatic heterocycles. The summed E-state index contributed by atoms with van der Waals surface area (Å²) in [5.41, 5.74) is 0.623. The maximum absolute atomic E-state index is 10.6. The fourth-order valence-corrected chi connectivity index (χ4v) is 3.12. The first-order chi connectivity index (χ1) is 18.4. The molecule has 37 heavy (non-hydrogen) atoms. The highest BCUT2D eigenvalue weighted by molar-refractivity contribution is 6.17. The molecule has 0 saturated carbocycles. The predicted octanol–water partition coefficient (Wildman–Crippen LogP) is 3.79. The van der Waals surface area contributed by atoms with Crippen LogP contribution in [0.1, 0.15) is 36.0 Å². The third kappa shape index (κ3) is 23.5. The molecule has 0 radical (unpaired) electrons. The molecular formula is C27H45ClO9. The van der Waals surface area contributed by atoms with Gasteiger partial charge < -0.3 is 37.9 Å². The van der Waals surface area contributed by atoms with Crippen LogP contribution in [0.4, 0.5) is 0 Å². The lowest BCUT2D eigenvalue weighted by Gasteiger charge is -2.09. The van der Waals surface area contributed by atoms with E-state index in [0.717, 1.165) is 31.6 Å². The number of benzene rings is 1. The van der Waals surface area contributed by atoms with Crippen molar-refractivity contribution in [2.24, 2.45) is 0 Å². The van der Waals surface area contributed by atoms with Crippen molar-refractivity contribution >= 4 is 17.9 Å². The third-order valence-corrected chi connectivity index (χ3v) is 5.18. The molecule has 0 aromatic heterocycles. The summed E-state index contributed by atoms with van der Waals surface area (Å²) in [6.07, 6.45) is 5.30. The van der Waals surface area contributed by atoms with E-state index >= 15 is 0 Å². The minimum Gasteiger partial charge on any atom is -0.491 e. The number of ether oxygens (including phenoxy) is 8. The van der Waals surface area contributed by atoms with Crippen molar-refractivity contribution in [2.75, 3.05) is 105 Å². The Hall–Kier alpha value is -1.30. The molecule has 0 aliphatic carbocycles. The largest absolute Gasteiger partial charge is 0.491 e. The van der Waals surface area contributed by atoms with Gasteiger partial charge in [-0.15, -0.1) is 11.6 Å². The van der Waals surface area contributed by atoms with Crippen LogP contribution in [0.5, 0.6) is 5.75 Å². The number of halogens is 1. The summed E-state index contributed by atoms with van der Waals surface area (Å²) < 4.78 is 43.8. The summed E-state index contributed by atoms with van der Waals surface area (Å²) in [6, 6.07) is 6.95. The summed E-state index contributed by atoms with van der Waals surface area (Å²) in [6.45, 7) is 8.09. The van der Waals surface area contributed by atoms with E-state index < -0.39 is 0 Å². The lowest BCUT2D eigenvalue weighted by atomic mass is 10.2. The van der Waals surface area contributed by atoms with Crippen molar-refractivity contribution in [3.8, 4) is 5.75 Å². The van der Waals surface area contributed by atoms with Gasteiger partial charge in [-0.3, -0.25) is 4.79 Å². The number of rotatable bonds is 29. The summed E-state index contributed by atoms with van der Waals surface area (Å²) in [5, 5.41) is 0. The molecule has 0 atom stereocenters. The molecule has 0 heterocycles. The zero-order valence-electron chi connectivity index (χ0n) is 22.1. The van der Waals surface area contributed by atoms with Gasteiger partial charge in [-0.1, -0.05) is 12.8 Å². The summed E-state index contributed by atoms with van der Waals surface area (Å²) >= 11 is 5.64. The highest BCUT2D eigenvalue weighted by atomic mass is 35.5. The number of carbonyl (C=O) groups is 1. The average Bonchev–Trinajstić information content (AvgIpc) is 2.93. The van der Waals surface area contributed by atoms with Crippen molar-refractivity contribution in [3.05, 3.63) is 29.8 Å². The van der Waals surface area contributed by atoms with Crippen LogP contribution < -0.4 is 4.74 Å². The number of aldehydes is 1. The van der Waals surface area contributed by atoms with Crippen LogP contribution in [0.15, 0.2) is 24.3 Å². The fraction of sp³-hybridized carbons (Fsp3) is 0.741. The minimum absolute atomic E-state index is 0.439. The average molecular weight is 549 g/mol. The van der Waals surface area contributed by atoms with E-state index in [1.165, 1.54) is 12.8 Å². The molecule has 9 nitrogen and oxygen atoms in total. The first-order valence-electron chi connectivity index (χ1n) is 13.1. The molecule has 0 fully saturated rings. The second-order valence-electron chi connectivity index (χ2n) is 7.93. The van der Waals surface area contributed by atoms with Crippen LogP contribution >= 0.6 is 11.6 Å². The normalized spacial score (nSPS) is 11.2. The first kappa shape index (κ1) is 33.7. The van der Waals surface area contributed by atoms with Gasteiger partial charge in [0.2, 0.25) is 0 Å². The maximum atomic E-state index is 10.6. The highest BCUT2D eigenvalue weighted by Crippen LogP contribution is 2.10. The number of unbranched alkanes of at least 4 members (excludes halogenated alkanes) is 3. The minimum atomic E-state index is 0.439. The van der Waals surface area contributed by atoms with Gasteiger partial charge in [-0.2, -0.15) is 0 Å². The molecule has 0 saturated heterocycles. The van der Waals surface area contributed by atoms with Crippen molar-refractivity contribution in [1.82, 2.24) is 0 Å². The van der Waals surface area contributed by atoms with E-state index in [9.17, 15) is 4.79 Å². The van der Waals surface area contributed by atoms with Crippen LogP contribution in [-0.2, 0) is 33.2 Å². The number of hydrogen-bond donors (Lipinski definition) is 0. The van der Waals surface area contributed by atoms with Crippen LogP contribution in [0, 0.1) is 0 Å². The summed E-state index contributed by atoms with van der Waals surface area (Å²) in [7, 11) is 0. The molecule has 1 aromatic carbocycles. The van der Waals surface area contributed by atoms with E-state index in [2.05, 4.69) is 0 Å². The van der Waals surface area contributed by atoms with E-state index in [-0.39, 0.29) is 0 Å². The van der Waals surface area contributed by atoms with Crippen molar-refractivity contribution < 1.29 is 42.7 Å². The topological polar surface area (TPSA) is 90.9 Å². The molecule has 0 aliphatic rings. The first-order valence-corrected chi connectivity index (χ1v) is 13.7. The maximum Gasteiger partial charge on any atom is 0.150 e. The SMILES string of the molecule is O=Cc1ccc(OCCOCCOCCOCCOCCOCCOCCOCCCCCCCl)cc1. The van der Waals surface area contributed by atoms with Gasteiger partial charge in [0.05, 0.1) is 85.9 Å². The number of hydrogen-bond acceptors (Lipinski definition) is 9. The Morgan fingerprint density at radius 1 is 0.486 bits per heavy atom. The third-order valence-electron chi connectivity index (χ3n) is 4.92. The Labute approximate surface area is 226 Å². The monoisotopic (exact) mass is 548 g/mol. The Morgan fingerprint density at radius 3 is 1.27 bits per heavy atom. The molecule has 1 aromatic rings. The highest BCUT2D eigenvalue weighted by Gasteiger charge is 1.97. The number of alkyl halides is 1. The number of carbonyl (C=O) groups excluding carboxylic acids is 1. The zero-order chi connectivity index (χ0) is 26.5. The molecule has 0 bridgehead atoms. The van der Waals surface area contributed by atoms with E-state index in [1.807, 2.05) is 0 Å². The van der Waals surface area contributed by atoms with Crippen molar-refractivity contribution in [2.45, 2.75) is 25.7 Å². The Balaban J connectivity index is 1.67. The van der Waals surface area contributed by atoms with Crippen LogP contribution in [0.2, 0.25) is 0 Å². The van der Waals surface area contributed by atoms with Gasteiger partial charge in [0.1, 0.15) is 18.6 Å². The Morgan fingerprint density at radius 2 is 0.865 bits per heavy atom. The molecule has 0 unspecified atom stereocenters. The van der Waals surface area contributed by atoms with Gasteiger partial charge in [-0.05, 0) is 37.1 Å². The molecular weight excluding hydrogens is 504 g/mol. The van der Waals surface area contributed by atoms with E-state index in [1.54, 1.807) is 24.3 Å². The smallest absolute Gasteiger partial charge is 0.150 e.